The first kappa shape index (κ1) is 11.7. The zero-order valence-electron chi connectivity index (χ0n) is 12.6. The fourth-order valence-corrected chi connectivity index (χ4v) is 8.19. The fraction of sp³-hybridized carbons (Fsp3) is 0.700. The summed E-state index contributed by atoms with van der Waals surface area (Å²) in [6.45, 7) is 0. The number of hydrogen-bond donors (Lipinski definition) is 1. The van der Waals surface area contributed by atoms with Crippen molar-refractivity contribution in [2.75, 3.05) is 0 Å². The summed E-state index contributed by atoms with van der Waals surface area (Å²) in [6, 6.07) is 8.86. The molecule has 0 radical (unpaired) electrons. The number of hydrogen-bond acceptors (Lipinski definition) is 1. The van der Waals surface area contributed by atoms with E-state index < -0.39 is 5.60 Å². The number of benzene rings is 1. The van der Waals surface area contributed by atoms with E-state index in [0.717, 1.165) is 23.7 Å². The van der Waals surface area contributed by atoms with Gasteiger partial charge in [0.1, 0.15) is 0 Å². The van der Waals surface area contributed by atoms with E-state index in [0.29, 0.717) is 5.92 Å². The van der Waals surface area contributed by atoms with Crippen molar-refractivity contribution in [3.05, 3.63) is 35.4 Å². The summed E-state index contributed by atoms with van der Waals surface area (Å²) in [5.41, 5.74) is 2.57. The molecule has 0 amide bonds. The van der Waals surface area contributed by atoms with Gasteiger partial charge >= 0.3 is 0 Å². The molecule has 6 saturated carbocycles. The lowest BCUT2D eigenvalue weighted by atomic mass is 9.25. The maximum atomic E-state index is 12.0. The summed E-state index contributed by atoms with van der Waals surface area (Å²) in [5.74, 6) is 4.09. The zero-order chi connectivity index (χ0) is 13.8. The van der Waals surface area contributed by atoms with Gasteiger partial charge in [-0.05, 0) is 85.7 Å². The van der Waals surface area contributed by atoms with E-state index in [1.54, 1.807) is 0 Å². The number of aryl methyl sites for hydroxylation is 1. The van der Waals surface area contributed by atoms with Crippen LogP contribution < -0.4 is 0 Å². The van der Waals surface area contributed by atoms with Gasteiger partial charge in [0.2, 0.25) is 0 Å². The maximum absolute atomic E-state index is 12.0. The molecule has 1 aromatic rings. The summed E-state index contributed by atoms with van der Waals surface area (Å²) in [7, 11) is 0. The van der Waals surface area contributed by atoms with E-state index in [1.165, 1.54) is 56.1 Å². The maximum Gasteiger partial charge on any atom is 0.0994 e. The molecule has 110 valence electrons. The Labute approximate surface area is 126 Å². The van der Waals surface area contributed by atoms with Gasteiger partial charge in [-0.1, -0.05) is 24.3 Å². The van der Waals surface area contributed by atoms with E-state index in [2.05, 4.69) is 24.3 Å². The normalized spacial score (nSPS) is 55.4. The highest BCUT2D eigenvalue weighted by Gasteiger charge is 2.81. The smallest absolute Gasteiger partial charge is 0.0994 e. The molecule has 0 unspecified atom stereocenters. The summed E-state index contributed by atoms with van der Waals surface area (Å²) in [5, 5.41) is 12.0. The Kier molecular flexibility index (Phi) is 1.90. The van der Waals surface area contributed by atoms with E-state index in [-0.39, 0.29) is 5.41 Å². The molecule has 1 heteroatoms. The standard InChI is InChI=1S/C20H24O/c21-20-16-6-2-1-4-13(16)5-3-7-19(20)15-9-12-8-14(11-15)18(20)17(19)10-12/h1-2,4,6,12,14-15,17-18,21H,3,5,7-11H2/t12-,14+,15-,17+,18-,19+,20+/m1/s1. The SMILES string of the molecule is O[C@]12c3ccccc3CCC[C@@]13[C@@H]1C[C@H]4C[C@@H](C1)[C@@H]2[C@@H]3C4. The highest BCUT2D eigenvalue weighted by molar-refractivity contribution is 5.44. The second-order valence-corrected chi connectivity index (χ2v) is 8.72. The van der Waals surface area contributed by atoms with E-state index in [9.17, 15) is 5.11 Å². The molecule has 7 aliphatic carbocycles. The Morgan fingerprint density at radius 3 is 2.86 bits per heavy atom. The van der Waals surface area contributed by atoms with E-state index >= 15 is 0 Å². The first-order valence-corrected chi connectivity index (χ1v) is 9.06. The minimum atomic E-state index is -0.469. The van der Waals surface area contributed by atoms with Gasteiger partial charge in [0.05, 0.1) is 5.60 Å². The molecule has 1 nitrogen and oxygen atoms in total. The summed E-state index contributed by atoms with van der Waals surface area (Å²) < 4.78 is 0. The highest BCUT2D eigenvalue weighted by Crippen LogP contribution is 2.83. The van der Waals surface area contributed by atoms with Crippen LogP contribution in [0.4, 0.5) is 0 Å². The van der Waals surface area contributed by atoms with Gasteiger partial charge in [-0.3, -0.25) is 0 Å². The third-order valence-corrected chi connectivity index (χ3v) is 8.42. The van der Waals surface area contributed by atoms with Crippen molar-refractivity contribution in [3.63, 3.8) is 0 Å². The molecule has 0 heterocycles. The molecule has 7 aliphatic rings. The lowest BCUT2D eigenvalue weighted by molar-refractivity contribution is -0.380. The Hall–Kier alpha value is -0.820. The van der Waals surface area contributed by atoms with Crippen LogP contribution in [0.5, 0.6) is 0 Å². The van der Waals surface area contributed by atoms with Crippen molar-refractivity contribution in [3.8, 4) is 0 Å². The predicted molar refractivity (Wildman–Crippen MR) is 81.6 cm³/mol. The Morgan fingerprint density at radius 1 is 1.05 bits per heavy atom. The number of fused-ring (bicyclic) bond motifs is 1. The predicted octanol–water partition coefficient (Wildman–Crippen LogP) is 3.89. The van der Waals surface area contributed by atoms with Crippen molar-refractivity contribution < 1.29 is 5.11 Å². The van der Waals surface area contributed by atoms with Gasteiger partial charge in [-0.25, -0.2) is 0 Å². The first-order valence-electron chi connectivity index (χ1n) is 9.06. The van der Waals surface area contributed by atoms with Gasteiger partial charge in [0, 0.05) is 5.41 Å². The van der Waals surface area contributed by atoms with E-state index in [1.807, 2.05) is 0 Å². The molecule has 1 aromatic carbocycles. The molecule has 1 N–H and O–H groups in total. The summed E-state index contributed by atoms with van der Waals surface area (Å²) in [6.07, 6.45) is 9.45. The molecule has 21 heavy (non-hydrogen) atoms. The molecule has 8 rings (SSSR count). The van der Waals surface area contributed by atoms with Crippen molar-refractivity contribution in [2.45, 2.75) is 50.5 Å². The van der Waals surface area contributed by atoms with Crippen LogP contribution in [0, 0.1) is 35.0 Å². The van der Waals surface area contributed by atoms with Crippen LogP contribution in [-0.2, 0) is 12.0 Å². The molecule has 0 aliphatic heterocycles. The van der Waals surface area contributed by atoms with Crippen LogP contribution in [0.15, 0.2) is 24.3 Å². The quantitative estimate of drug-likeness (QED) is 0.764. The zero-order valence-corrected chi connectivity index (χ0v) is 12.6. The van der Waals surface area contributed by atoms with Crippen LogP contribution in [-0.4, -0.2) is 5.11 Å². The monoisotopic (exact) mass is 280 g/mol. The largest absolute Gasteiger partial charge is 0.384 e. The highest BCUT2D eigenvalue weighted by atomic mass is 16.3. The molecule has 0 aromatic heterocycles. The molecular formula is C20H24O. The van der Waals surface area contributed by atoms with Crippen molar-refractivity contribution >= 4 is 0 Å². The van der Waals surface area contributed by atoms with Gasteiger partial charge in [-0.15, -0.1) is 0 Å². The third-order valence-electron chi connectivity index (χ3n) is 8.42. The Morgan fingerprint density at radius 2 is 1.95 bits per heavy atom. The molecule has 0 saturated heterocycles. The lowest BCUT2D eigenvalue weighted by Crippen LogP contribution is -2.79. The first-order chi connectivity index (χ1) is 10.2. The van der Waals surface area contributed by atoms with Crippen LogP contribution >= 0.6 is 0 Å². The molecule has 7 atom stereocenters. The Balaban J connectivity index is 1.63. The second-order valence-electron chi connectivity index (χ2n) is 8.72. The van der Waals surface area contributed by atoms with Gasteiger partial charge in [-0.2, -0.15) is 0 Å². The molecular weight excluding hydrogens is 256 g/mol. The van der Waals surface area contributed by atoms with Crippen LogP contribution in [0.3, 0.4) is 0 Å². The lowest BCUT2D eigenvalue weighted by Gasteiger charge is -2.80. The van der Waals surface area contributed by atoms with Crippen molar-refractivity contribution in [1.29, 1.82) is 0 Å². The van der Waals surface area contributed by atoms with Gasteiger partial charge in [0.25, 0.3) is 0 Å². The third kappa shape index (κ3) is 1.03. The number of aliphatic hydroxyl groups is 1. The minimum Gasteiger partial charge on any atom is -0.384 e. The number of rotatable bonds is 0. The van der Waals surface area contributed by atoms with Crippen LogP contribution in [0.25, 0.3) is 0 Å². The molecule has 6 bridgehead atoms. The van der Waals surface area contributed by atoms with Crippen LogP contribution in [0.2, 0.25) is 0 Å². The fourth-order valence-electron chi connectivity index (χ4n) is 8.19. The van der Waals surface area contributed by atoms with Crippen LogP contribution in [0.1, 0.15) is 49.7 Å². The van der Waals surface area contributed by atoms with Crippen molar-refractivity contribution in [1.82, 2.24) is 0 Å². The minimum absolute atomic E-state index is 0.262. The van der Waals surface area contributed by atoms with Crippen molar-refractivity contribution in [2.24, 2.45) is 35.0 Å². The topological polar surface area (TPSA) is 20.2 Å². The average molecular weight is 280 g/mol. The second kappa shape index (κ2) is 3.40. The summed E-state index contributed by atoms with van der Waals surface area (Å²) in [4.78, 5) is 0. The van der Waals surface area contributed by atoms with Gasteiger partial charge < -0.3 is 5.11 Å². The summed E-state index contributed by atoms with van der Waals surface area (Å²) >= 11 is 0. The Bertz CT molecular complexity index is 624. The van der Waals surface area contributed by atoms with Gasteiger partial charge in [0.15, 0.2) is 0 Å². The average Bonchev–Trinajstić information content (AvgIpc) is 2.59. The molecule has 1 spiro atoms. The van der Waals surface area contributed by atoms with E-state index in [4.69, 9.17) is 0 Å². The molecule has 6 fully saturated rings.